The van der Waals surface area contributed by atoms with Crippen LogP contribution >= 0.6 is 0 Å². The van der Waals surface area contributed by atoms with Crippen LogP contribution < -0.4 is 0 Å². The third kappa shape index (κ3) is 2.73. The lowest BCUT2D eigenvalue weighted by Crippen LogP contribution is -2.11. The Labute approximate surface area is 156 Å². The van der Waals surface area contributed by atoms with Crippen LogP contribution in [-0.4, -0.2) is 44.1 Å². The summed E-state index contributed by atoms with van der Waals surface area (Å²) in [6.45, 7) is 0. The molecule has 0 bridgehead atoms. The maximum atomic E-state index is 12.0. The molecular weight excluding hydrogens is 362 g/mol. The Bertz CT molecular complexity index is 1230. The highest BCUT2D eigenvalue weighted by Gasteiger charge is 2.32. The second-order valence-corrected chi connectivity index (χ2v) is 8.95. The molecule has 1 aromatic carbocycles. The van der Waals surface area contributed by atoms with Crippen molar-refractivity contribution in [1.82, 2.24) is 24.1 Å². The highest BCUT2D eigenvalue weighted by atomic mass is 32.2. The molecule has 1 aliphatic heterocycles. The highest BCUT2D eigenvalue weighted by Crippen LogP contribution is 2.37. The number of hydrogen-bond donors (Lipinski definition) is 0. The van der Waals surface area contributed by atoms with E-state index in [-0.39, 0.29) is 17.5 Å². The quantitative estimate of drug-likeness (QED) is 0.546. The third-order valence-corrected chi connectivity index (χ3v) is 6.73. The van der Waals surface area contributed by atoms with Crippen LogP contribution in [0.15, 0.2) is 61.3 Å². The van der Waals surface area contributed by atoms with Gasteiger partial charge in [-0.3, -0.25) is 0 Å². The van der Waals surface area contributed by atoms with Gasteiger partial charge in [-0.2, -0.15) is 5.10 Å². The van der Waals surface area contributed by atoms with Crippen LogP contribution in [0.25, 0.3) is 28.2 Å². The number of fused-ring (bicyclic) bond motifs is 1. The molecule has 4 aromatic rings. The van der Waals surface area contributed by atoms with Crippen molar-refractivity contribution in [2.45, 2.75) is 12.5 Å². The van der Waals surface area contributed by atoms with Crippen molar-refractivity contribution in [3.8, 4) is 22.5 Å². The lowest BCUT2D eigenvalue weighted by Gasteiger charge is -2.14. The SMILES string of the molecule is O=S1(=O)CC[C@@H](n2cnc(-c3ccccc3)c2-c2cnn3cccnc23)C1. The van der Waals surface area contributed by atoms with Gasteiger partial charge in [0.1, 0.15) is 0 Å². The number of aromatic nitrogens is 5. The van der Waals surface area contributed by atoms with Gasteiger partial charge in [0.15, 0.2) is 15.5 Å². The summed E-state index contributed by atoms with van der Waals surface area (Å²) in [6, 6.07) is 11.6. The number of hydrogen-bond acceptors (Lipinski definition) is 5. The van der Waals surface area contributed by atoms with Gasteiger partial charge >= 0.3 is 0 Å². The van der Waals surface area contributed by atoms with Crippen molar-refractivity contribution >= 4 is 15.5 Å². The predicted molar refractivity (Wildman–Crippen MR) is 102 cm³/mol. The molecule has 3 aromatic heterocycles. The first kappa shape index (κ1) is 16.2. The molecule has 1 saturated heterocycles. The van der Waals surface area contributed by atoms with E-state index in [0.29, 0.717) is 6.42 Å². The molecule has 5 rings (SSSR count). The minimum absolute atomic E-state index is 0.131. The third-order valence-electron chi connectivity index (χ3n) is 4.98. The normalized spacial score (nSPS) is 18.9. The fourth-order valence-corrected chi connectivity index (χ4v) is 5.41. The zero-order chi connectivity index (χ0) is 18.4. The topological polar surface area (TPSA) is 82.1 Å². The average Bonchev–Trinajstić information content (AvgIpc) is 3.38. The van der Waals surface area contributed by atoms with Crippen LogP contribution in [0.3, 0.4) is 0 Å². The van der Waals surface area contributed by atoms with E-state index in [2.05, 4.69) is 15.1 Å². The Balaban J connectivity index is 1.75. The summed E-state index contributed by atoms with van der Waals surface area (Å²) in [4.78, 5) is 9.11. The van der Waals surface area contributed by atoms with E-state index in [1.54, 1.807) is 23.2 Å². The highest BCUT2D eigenvalue weighted by molar-refractivity contribution is 7.91. The van der Waals surface area contributed by atoms with Crippen molar-refractivity contribution in [2.24, 2.45) is 0 Å². The number of rotatable bonds is 3. The molecule has 0 saturated carbocycles. The zero-order valence-corrected chi connectivity index (χ0v) is 15.2. The van der Waals surface area contributed by atoms with Gasteiger partial charge in [-0.05, 0) is 12.5 Å². The van der Waals surface area contributed by atoms with Gasteiger partial charge in [-0.1, -0.05) is 30.3 Å². The van der Waals surface area contributed by atoms with E-state index in [0.717, 1.165) is 28.2 Å². The van der Waals surface area contributed by atoms with Crippen molar-refractivity contribution < 1.29 is 8.42 Å². The molecule has 27 heavy (non-hydrogen) atoms. The maximum absolute atomic E-state index is 12.0. The van der Waals surface area contributed by atoms with E-state index in [9.17, 15) is 8.42 Å². The predicted octanol–water partition coefficient (Wildman–Crippen LogP) is 2.62. The van der Waals surface area contributed by atoms with Gasteiger partial charge < -0.3 is 4.57 Å². The summed E-state index contributed by atoms with van der Waals surface area (Å²) in [5.74, 6) is 0.347. The van der Waals surface area contributed by atoms with Crippen molar-refractivity contribution in [3.63, 3.8) is 0 Å². The second kappa shape index (κ2) is 6.02. The van der Waals surface area contributed by atoms with E-state index in [1.807, 2.05) is 47.2 Å². The van der Waals surface area contributed by atoms with Crippen LogP contribution in [0.1, 0.15) is 12.5 Å². The molecule has 0 spiro atoms. The number of nitrogens with zero attached hydrogens (tertiary/aromatic N) is 5. The first-order valence-corrected chi connectivity index (χ1v) is 10.6. The molecule has 0 aliphatic carbocycles. The molecule has 1 fully saturated rings. The van der Waals surface area contributed by atoms with Crippen LogP contribution in [0.5, 0.6) is 0 Å². The van der Waals surface area contributed by atoms with Crippen molar-refractivity contribution in [3.05, 3.63) is 61.3 Å². The van der Waals surface area contributed by atoms with Gasteiger partial charge in [0.25, 0.3) is 0 Å². The lowest BCUT2D eigenvalue weighted by molar-refractivity contribution is 0.559. The van der Waals surface area contributed by atoms with E-state index >= 15 is 0 Å². The fourth-order valence-electron chi connectivity index (χ4n) is 3.70. The first-order chi connectivity index (χ1) is 13.1. The van der Waals surface area contributed by atoms with Gasteiger partial charge in [0.2, 0.25) is 0 Å². The Morgan fingerprint density at radius 3 is 2.70 bits per heavy atom. The minimum Gasteiger partial charge on any atom is -0.326 e. The van der Waals surface area contributed by atoms with Crippen LogP contribution in [0.4, 0.5) is 0 Å². The molecule has 136 valence electrons. The molecule has 0 radical (unpaired) electrons. The Hall–Kier alpha value is -3.00. The summed E-state index contributed by atoms with van der Waals surface area (Å²) in [5, 5.41) is 4.40. The molecule has 1 atom stereocenters. The Kier molecular flexibility index (Phi) is 3.61. The molecular formula is C19H17N5O2S. The van der Waals surface area contributed by atoms with Gasteiger partial charge in [-0.15, -0.1) is 0 Å². The van der Waals surface area contributed by atoms with Crippen LogP contribution in [-0.2, 0) is 9.84 Å². The number of sulfone groups is 1. The second-order valence-electron chi connectivity index (χ2n) is 6.72. The molecule has 1 aliphatic rings. The summed E-state index contributed by atoms with van der Waals surface area (Å²) in [5.41, 5.74) is 4.20. The molecule has 7 nitrogen and oxygen atoms in total. The van der Waals surface area contributed by atoms with E-state index in [1.165, 1.54) is 0 Å². The molecule has 0 N–H and O–H groups in total. The average molecular weight is 379 g/mol. The molecule has 8 heteroatoms. The molecule has 4 heterocycles. The Morgan fingerprint density at radius 1 is 1.07 bits per heavy atom. The first-order valence-electron chi connectivity index (χ1n) is 8.74. The van der Waals surface area contributed by atoms with Crippen molar-refractivity contribution in [2.75, 3.05) is 11.5 Å². The van der Waals surface area contributed by atoms with Crippen molar-refractivity contribution in [1.29, 1.82) is 0 Å². The van der Waals surface area contributed by atoms with Crippen LogP contribution in [0, 0.1) is 0 Å². The fraction of sp³-hybridized carbons (Fsp3) is 0.211. The molecule has 0 amide bonds. The number of benzene rings is 1. The zero-order valence-electron chi connectivity index (χ0n) is 14.4. The lowest BCUT2D eigenvalue weighted by atomic mass is 10.1. The summed E-state index contributed by atoms with van der Waals surface area (Å²) in [6.07, 6.45) is 7.67. The standard InChI is InChI=1S/C19H17N5O2S/c25-27(26)10-7-15(12-27)23-13-21-17(14-5-2-1-3-6-14)18(23)16-11-22-24-9-4-8-20-19(16)24/h1-6,8-9,11,13,15H,7,10,12H2/t15-/m1/s1. The smallest absolute Gasteiger partial charge is 0.164 e. The Morgan fingerprint density at radius 2 is 1.93 bits per heavy atom. The van der Waals surface area contributed by atoms with Gasteiger partial charge in [-0.25, -0.2) is 22.9 Å². The maximum Gasteiger partial charge on any atom is 0.164 e. The summed E-state index contributed by atoms with van der Waals surface area (Å²) >= 11 is 0. The van der Waals surface area contributed by atoms with Gasteiger partial charge in [0, 0.05) is 18.0 Å². The molecule has 0 unspecified atom stereocenters. The monoisotopic (exact) mass is 379 g/mol. The van der Waals surface area contributed by atoms with E-state index < -0.39 is 9.84 Å². The minimum atomic E-state index is -3.01. The summed E-state index contributed by atoms with van der Waals surface area (Å²) < 4.78 is 27.8. The largest absolute Gasteiger partial charge is 0.326 e. The van der Waals surface area contributed by atoms with Gasteiger partial charge in [0.05, 0.1) is 47.0 Å². The summed E-state index contributed by atoms with van der Waals surface area (Å²) in [7, 11) is -3.01. The van der Waals surface area contributed by atoms with E-state index in [4.69, 9.17) is 0 Å². The number of imidazole rings is 1. The van der Waals surface area contributed by atoms with Crippen LogP contribution in [0.2, 0.25) is 0 Å².